The topological polar surface area (TPSA) is 82.8 Å². The molecule has 1 rings (SSSR count). The molecule has 1 aromatic rings. The second kappa shape index (κ2) is 8.20. The summed E-state index contributed by atoms with van der Waals surface area (Å²) in [6.07, 6.45) is 0.768. The van der Waals surface area contributed by atoms with E-state index in [4.69, 9.17) is 19.9 Å². The van der Waals surface area contributed by atoms with E-state index in [0.29, 0.717) is 30.3 Å². The zero-order valence-corrected chi connectivity index (χ0v) is 11.3. The van der Waals surface area contributed by atoms with Crippen molar-refractivity contribution in [3.63, 3.8) is 0 Å². The lowest BCUT2D eigenvalue weighted by Gasteiger charge is -2.11. The number of methoxy groups -OCH3 is 2. The van der Waals surface area contributed by atoms with E-state index in [1.807, 2.05) is 0 Å². The molecule has 0 fully saturated rings. The Labute approximate surface area is 112 Å². The molecule has 19 heavy (non-hydrogen) atoms. The predicted molar refractivity (Wildman–Crippen MR) is 72.4 cm³/mol. The molecule has 3 N–H and O–H groups in total. The van der Waals surface area contributed by atoms with Gasteiger partial charge in [0.15, 0.2) is 18.1 Å². The highest BCUT2D eigenvalue weighted by Crippen LogP contribution is 2.28. The van der Waals surface area contributed by atoms with Crippen LogP contribution < -0.4 is 20.5 Å². The van der Waals surface area contributed by atoms with Crippen LogP contribution in [0.2, 0.25) is 0 Å². The molecule has 0 saturated carbocycles. The maximum atomic E-state index is 11.5. The standard InChI is InChI=1S/C13H20N2O4/c1-17-7-3-6-15-13(16)9-19-12-8-10(14)4-5-11(12)18-2/h4-5,8H,3,6-7,9,14H2,1-2H3,(H,15,16). The van der Waals surface area contributed by atoms with Crippen molar-refractivity contribution in [1.82, 2.24) is 5.32 Å². The molecule has 106 valence electrons. The van der Waals surface area contributed by atoms with Crippen LogP contribution in [0.5, 0.6) is 11.5 Å². The van der Waals surface area contributed by atoms with Crippen molar-refractivity contribution in [3.8, 4) is 11.5 Å². The molecule has 0 saturated heterocycles. The van der Waals surface area contributed by atoms with Crippen molar-refractivity contribution in [2.45, 2.75) is 6.42 Å². The minimum atomic E-state index is -0.194. The first-order chi connectivity index (χ1) is 9.17. The van der Waals surface area contributed by atoms with Crippen LogP contribution in [0.4, 0.5) is 5.69 Å². The third kappa shape index (κ3) is 5.48. The molecule has 0 radical (unpaired) electrons. The van der Waals surface area contributed by atoms with E-state index < -0.39 is 0 Å². The summed E-state index contributed by atoms with van der Waals surface area (Å²) >= 11 is 0. The van der Waals surface area contributed by atoms with Crippen LogP contribution in [0.25, 0.3) is 0 Å². The number of ether oxygens (including phenoxy) is 3. The third-order valence-corrected chi connectivity index (χ3v) is 2.39. The number of benzene rings is 1. The average molecular weight is 268 g/mol. The van der Waals surface area contributed by atoms with E-state index in [0.717, 1.165) is 6.42 Å². The minimum Gasteiger partial charge on any atom is -0.493 e. The van der Waals surface area contributed by atoms with Crippen LogP contribution in [0.1, 0.15) is 6.42 Å². The van der Waals surface area contributed by atoms with Gasteiger partial charge in [0.25, 0.3) is 5.91 Å². The van der Waals surface area contributed by atoms with Crippen molar-refractivity contribution in [2.24, 2.45) is 0 Å². The Kier molecular flexibility index (Phi) is 6.52. The highest BCUT2D eigenvalue weighted by molar-refractivity contribution is 5.77. The molecule has 0 aliphatic heterocycles. The minimum absolute atomic E-state index is 0.0766. The summed E-state index contributed by atoms with van der Waals surface area (Å²) in [5.41, 5.74) is 6.20. The molecule has 0 aromatic heterocycles. The number of nitrogens with two attached hydrogens (primary N) is 1. The normalized spacial score (nSPS) is 10.0. The SMILES string of the molecule is COCCCNC(=O)COc1cc(N)ccc1OC. The summed E-state index contributed by atoms with van der Waals surface area (Å²) in [5.74, 6) is 0.802. The van der Waals surface area contributed by atoms with Crippen LogP contribution in [0, 0.1) is 0 Å². The number of carbonyl (C=O) groups is 1. The average Bonchev–Trinajstić information content (AvgIpc) is 2.41. The molecule has 0 atom stereocenters. The number of hydrogen-bond donors (Lipinski definition) is 2. The first kappa shape index (κ1) is 15.1. The lowest BCUT2D eigenvalue weighted by atomic mass is 10.3. The van der Waals surface area contributed by atoms with Gasteiger partial charge in [-0.1, -0.05) is 0 Å². The Balaban J connectivity index is 2.39. The largest absolute Gasteiger partial charge is 0.493 e. The van der Waals surface area contributed by atoms with E-state index in [9.17, 15) is 4.79 Å². The first-order valence-corrected chi connectivity index (χ1v) is 5.99. The molecule has 0 bridgehead atoms. The molecular formula is C13H20N2O4. The Hall–Kier alpha value is -1.95. The fourth-order valence-electron chi connectivity index (χ4n) is 1.44. The molecule has 1 aromatic carbocycles. The van der Waals surface area contributed by atoms with Gasteiger partial charge in [0.05, 0.1) is 7.11 Å². The summed E-state index contributed by atoms with van der Waals surface area (Å²) in [7, 11) is 3.15. The summed E-state index contributed by atoms with van der Waals surface area (Å²) in [6, 6.07) is 5.02. The van der Waals surface area contributed by atoms with Crippen molar-refractivity contribution in [2.75, 3.05) is 39.7 Å². The zero-order chi connectivity index (χ0) is 14.1. The Morgan fingerprint density at radius 2 is 2.11 bits per heavy atom. The summed E-state index contributed by atoms with van der Waals surface area (Å²) in [5, 5.41) is 2.72. The number of nitrogen functional groups attached to an aromatic ring is 1. The van der Waals surface area contributed by atoms with Crippen LogP contribution in [0.3, 0.4) is 0 Å². The molecule has 1 amide bonds. The fraction of sp³-hybridized carbons (Fsp3) is 0.462. The van der Waals surface area contributed by atoms with Gasteiger partial charge in [-0.05, 0) is 18.6 Å². The monoisotopic (exact) mass is 268 g/mol. The number of anilines is 1. The molecule has 0 aliphatic carbocycles. The maximum absolute atomic E-state index is 11.5. The second-order valence-corrected chi connectivity index (χ2v) is 3.90. The van der Waals surface area contributed by atoms with Gasteiger partial charge in [-0.3, -0.25) is 4.79 Å². The molecule has 6 nitrogen and oxygen atoms in total. The van der Waals surface area contributed by atoms with Gasteiger partial charge < -0.3 is 25.3 Å². The molecule has 0 heterocycles. The third-order valence-electron chi connectivity index (χ3n) is 2.39. The Morgan fingerprint density at radius 1 is 1.32 bits per heavy atom. The lowest BCUT2D eigenvalue weighted by Crippen LogP contribution is -2.30. The highest BCUT2D eigenvalue weighted by Gasteiger charge is 2.07. The molecule has 6 heteroatoms. The van der Waals surface area contributed by atoms with Crippen LogP contribution in [-0.4, -0.2) is 39.9 Å². The number of carbonyl (C=O) groups excluding carboxylic acids is 1. The van der Waals surface area contributed by atoms with E-state index in [1.165, 1.54) is 7.11 Å². The van der Waals surface area contributed by atoms with E-state index in [2.05, 4.69) is 5.32 Å². The molecular weight excluding hydrogens is 248 g/mol. The number of hydrogen-bond acceptors (Lipinski definition) is 5. The maximum Gasteiger partial charge on any atom is 0.257 e. The van der Waals surface area contributed by atoms with Crippen LogP contribution in [-0.2, 0) is 9.53 Å². The lowest BCUT2D eigenvalue weighted by molar-refractivity contribution is -0.123. The second-order valence-electron chi connectivity index (χ2n) is 3.90. The van der Waals surface area contributed by atoms with Gasteiger partial charge in [0, 0.05) is 32.0 Å². The van der Waals surface area contributed by atoms with Crippen molar-refractivity contribution < 1.29 is 19.0 Å². The predicted octanol–water partition coefficient (Wildman–Crippen LogP) is 0.809. The van der Waals surface area contributed by atoms with E-state index >= 15 is 0 Å². The van der Waals surface area contributed by atoms with Crippen LogP contribution >= 0.6 is 0 Å². The number of rotatable bonds is 8. The van der Waals surface area contributed by atoms with Gasteiger partial charge in [-0.2, -0.15) is 0 Å². The molecule has 0 unspecified atom stereocenters. The molecule has 0 aliphatic rings. The first-order valence-electron chi connectivity index (χ1n) is 5.99. The summed E-state index contributed by atoms with van der Waals surface area (Å²) in [6.45, 7) is 1.10. The van der Waals surface area contributed by atoms with Crippen molar-refractivity contribution in [1.29, 1.82) is 0 Å². The number of nitrogens with one attached hydrogen (secondary N) is 1. The Morgan fingerprint density at radius 3 is 2.79 bits per heavy atom. The van der Waals surface area contributed by atoms with E-state index in [1.54, 1.807) is 25.3 Å². The van der Waals surface area contributed by atoms with Gasteiger partial charge in [0.2, 0.25) is 0 Å². The van der Waals surface area contributed by atoms with Crippen LogP contribution in [0.15, 0.2) is 18.2 Å². The fourth-order valence-corrected chi connectivity index (χ4v) is 1.44. The number of amides is 1. The summed E-state index contributed by atoms with van der Waals surface area (Å²) in [4.78, 5) is 11.5. The molecule has 0 spiro atoms. The van der Waals surface area contributed by atoms with Gasteiger partial charge >= 0.3 is 0 Å². The van der Waals surface area contributed by atoms with Crippen molar-refractivity contribution in [3.05, 3.63) is 18.2 Å². The quantitative estimate of drug-likeness (QED) is 0.538. The van der Waals surface area contributed by atoms with Crippen molar-refractivity contribution >= 4 is 11.6 Å². The smallest absolute Gasteiger partial charge is 0.257 e. The van der Waals surface area contributed by atoms with Gasteiger partial charge in [-0.15, -0.1) is 0 Å². The summed E-state index contributed by atoms with van der Waals surface area (Å²) < 4.78 is 15.4. The van der Waals surface area contributed by atoms with Gasteiger partial charge in [-0.25, -0.2) is 0 Å². The zero-order valence-electron chi connectivity index (χ0n) is 11.3. The Bertz CT molecular complexity index is 410. The van der Waals surface area contributed by atoms with E-state index in [-0.39, 0.29) is 12.5 Å². The van der Waals surface area contributed by atoms with Gasteiger partial charge in [0.1, 0.15) is 0 Å². The highest BCUT2D eigenvalue weighted by atomic mass is 16.5.